The van der Waals surface area contributed by atoms with Crippen molar-refractivity contribution in [2.24, 2.45) is 11.7 Å². The first-order valence-corrected chi connectivity index (χ1v) is 6.39. The van der Waals surface area contributed by atoms with Crippen molar-refractivity contribution in [2.45, 2.75) is 32.7 Å². The zero-order chi connectivity index (χ0) is 12.3. The van der Waals surface area contributed by atoms with Crippen LogP contribution >= 0.6 is 0 Å². The topological polar surface area (TPSA) is 26.0 Å². The molecule has 2 atom stereocenters. The van der Waals surface area contributed by atoms with Crippen molar-refractivity contribution < 1.29 is 0 Å². The molecule has 17 heavy (non-hydrogen) atoms. The van der Waals surface area contributed by atoms with E-state index in [-0.39, 0.29) is 0 Å². The van der Waals surface area contributed by atoms with Crippen molar-refractivity contribution in [3.8, 4) is 0 Å². The van der Waals surface area contributed by atoms with Gasteiger partial charge in [0.05, 0.1) is 0 Å². The fraction of sp³-hybridized carbons (Fsp3) is 0.375. The van der Waals surface area contributed by atoms with E-state index in [2.05, 4.69) is 56.3 Å². The summed E-state index contributed by atoms with van der Waals surface area (Å²) in [5.41, 5.74) is 7.30. The zero-order valence-corrected chi connectivity index (χ0v) is 10.7. The molecule has 0 saturated heterocycles. The third kappa shape index (κ3) is 3.07. The minimum Gasteiger partial charge on any atom is -0.328 e. The monoisotopic (exact) mass is 227 g/mol. The molecule has 0 bridgehead atoms. The predicted molar refractivity (Wildman–Crippen MR) is 75.1 cm³/mol. The minimum atomic E-state index is 0.292. The van der Waals surface area contributed by atoms with Gasteiger partial charge in [0.2, 0.25) is 0 Å². The highest BCUT2D eigenvalue weighted by Crippen LogP contribution is 2.22. The van der Waals surface area contributed by atoms with Gasteiger partial charge in [-0.05, 0) is 42.0 Å². The average molecular weight is 227 g/mol. The summed E-state index contributed by atoms with van der Waals surface area (Å²) in [6, 6.07) is 15.4. The van der Waals surface area contributed by atoms with Crippen LogP contribution in [0, 0.1) is 5.92 Å². The first kappa shape index (κ1) is 12.1. The van der Waals surface area contributed by atoms with E-state index in [1.807, 2.05) is 0 Å². The Labute approximate surface area is 104 Å². The van der Waals surface area contributed by atoms with Crippen molar-refractivity contribution in [3.63, 3.8) is 0 Å². The maximum atomic E-state index is 5.86. The molecule has 0 aliphatic rings. The van der Waals surface area contributed by atoms with Gasteiger partial charge in [0.25, 0.3) is 0 Å². The third-order valence-corrected chi connectivity index (χ3v) is 3.22. The molecule has 0 aliphatic carbocycles. The van der Waals surface area contributed by atoms with Crippen LogP contribution in [0.4, 0.5) is 0 Å². The largest absolute Gasteiger partial charge is 0.328 e. The summed E-state index contributed by atoms with van der Waals surface area (Å²) >= 11 is 0. The van der Waals surface area contributed by atoms with E-state index in [1.54, 1.807) is 0 Å². The molecule has 0 aromatic heterocycles. The van der Waals surface area contributed by atoms with Crippen molar-refractivity contribution in [1.82, 2.24) is 0 Å². The molecule has 2 unspecified atom stereocenters. The van der Waals surface area contributed by atoms with Gasteiger partial charge in [-0.2, -0.15) is 0 Å². The fourth-order valence-electron chi connectivity index (χ4n) is 2.56. The molecule has 0 saturated carbocycles. The molecule has 0 spiro atoms. The molecule has 2 aromatic carbocycles. The van der Waals surface area contributed by atoms with Crippen molar-refractivity contribution in [2.75, 3.05) is 0 Å². The lowest BCUT2D eigenvalue weighted by Gasteiger charge is -2.15. The third-order valence-electron chi connectivity index (χ3n) is 3.22. The van der Waals surface area contributed by atoms with Crippen LogP contribution in [0.2, 0.25) is 0 Å². The quantitative estimate of drug-likeness (QED) is 0.845. The number of benzene rings is 2. The van der Waals surface area contributed by atoms with Crippen LogP contribution in [-0.4, -0.2) is 6.04 Å². The van der Waals surface area contributed by atoms with Gasteiger partial charge in [0, 0.05) is 6.04 Å². The summed E-state index contributed by atoms with van der Waals surface area (Å²) in [7, 11) is 0. The second kappa shape index (κ2) is 5.33. The van der Waals surface area contributed by atoms with Gasteiger partial charge in [-0.15, -0.1) is 0 Å². The molecule has 0 fully saturated rings. The maximum Gasteiger partial charge on any atom is 0.00131 e. The Balaban J connectivity index is 2.24. The molecule has 0 heterocycles. The first-order chi connectivity index (χ1) is 8.16. The summed E-state index contributed by atoms with van der Waals surface area (Å²) < 4.78 is 0. The van der Waals surface area contributed by atoms with Crippen LogP contribution in [-0.2, 0) is 6.42 Å². The predicted octanol–water partition coefficient (Wildman–Crippen LogP) is 3.76. The average Bonchev–Trinajstić information content (AvgIpc) is 2.28. The van der Waals surface area contributed by atoms with E-state index in [9.17, 15) is 0 Å². The Bertz CT molecular complexity index is 482. The summed E-state index contributed by atoms with van der Waals surface area (Å²) in [6.45, 7) is 4.37. The van der Waals surface area contributed by atoms with E-state index in [0.717, 1.165) is 12.8 Å². The van der Waals surface area contributed by atoms with Crippen LogP contribution in [0.25, 0.3) is 10.8 Å². The minimum absolute atomic E-state index is 0.292. The molecule has 2 N–H and O–H groups in total. The van der Waals surface area contributed by atoms with Crippen LogP contribution in [0.3, 0.4) is 0 Å². The molecular weight excluding hydrogens is 206 g/mol. The molecule has 1 nitrogen and oxygen atoms in total. The molecule has 2 rings (SSSR count). The van der Waals surface area contributed by atoms with Gasteiger partial charge in [0.15, 0.2) is 0 Å². The van der Waals surface area contributed by atoms with Crippen LogP contribution in [0.5, 0.6) is 0 Å². The fourth-order valence-corrected chi connectivity index (χ4v) is 2.56. The molecule has 0 amide bonds. The smallest absolute Gasteiger partial charge is 0.00131 e. The summed E-state index contributed by atoms with van der Waals surface area (Å²) in [6.07, 6.45) is 2.20. The molecule has 0 aliphatic heterocycles. The van der Waals surface area contributed by atoms with Gasteiger partial charge < -0.3 is 5.73 Å². The highest BCUT2D eigenvalue weighted by Gasteiger charge is 2.08. The van der Waals surface area contributed by atoms with Gasteiger partial charge in [-0.1, -0.05) is 49.4 Å². The maximum absolute atomic E-state index is 5.86. The van der Waals surface area contributed by atoms with Crippen molar-refractivity contribution in [1.29, 1.82) is 0 Å². The molecule has 90 valence electrons. The Morgan fingerprint density at radius 1 is 1.00 bits per heavy atom. The van der Waals surface area contributed by atoms with Crippen LogP contribution in [0.15, 0.2) is 42.5 Å². The van der Waals surface area contributed by atoms with Gasteiger partial charge in [-0.25, -0.2) is 0 Å². The molecular formula is C16H21N. The first-order valence-electron chi connectivity index (χ1n) is 6.39. The normalized spacial score (nSPS) is 14.8. The number of rotatable bonds is 4. The van der Waals surface area contributed by atoms with Crippen molar-refractivity contribution >= 4 is 10.8 Å². The highest BCUT2D eigenvalue weighted by molar-refractivity contribution is 5.85. The van der Waals surface area contributed by atoms with Gasteiger partial charge >= 0.3 is 0 Å². The van der Waals surface area contributed by atoms with Crippen LogP contribution in [0.1, 0.15) is 25.8 Å². The molecule has 2 aromatic rings. The van der Waals surface area contributed by atoms with Crippen molar-refractivity contribution in [3.05, 3.63) is 48.0 Å². The summed E-state index contributed by atoms with van der Waals surface area (Å²) in [5.74, 6) is 0.640. The molecule has 1 heteroatoms. The number of hydrogen-bond donors (Lipinski definition) is 1. The van der Waals surface area contributed by atoms with Gasteiger partial charge in [0.1, 0.15) is 0 Å². The van der Waals surface area contributed by atoms with Crippen LogP contribution < -0.4 is 5.73 Å². The van der Waals surface area contributed by atoms with E-state index in [0.29, 0.717) is 12.0 Å². The Kier molecular flexibility index (Phi) is 3.80. The second-order valence-corrected chi connectivity index (χ2v) is 5.16. The zero-order valence-electron chi connectivity index (χ0n) is 10.7. The number of hydrogen-bond acceptors (Lipinski definition) is 1. The van der Waals surface area contributed by atoms with E-state index < -0.39 is 0 Å². The Morgan fingerprint density at radius 3 is 2.47 bits per heavy atom. The lowest BCUT2D eigenvalue weighted by Crippen LogP contribution is -2.19. The SMILES string of the molecule is CC(N)CC(C)Cc1cccc2ccccc12. The lowest BCUT2D eigenvalue weighted by atomic mass is 9.92. The Morgan fingerprint density at radius 2 is 1.71 bits per heavy atom. The van der Waals surface area contributed by atoms with Gasteiger partial charge in [-0.3, -0.25) is 0 Å². The van der Waals surface area contributed by atoms with E-state index in [4.69, 9.17) is 5.73 Å². The second-order valence-electron chi connectivity index (χ2n) is 5.16. The lowest BCUT2D eigenvalue weighted by molar-refractivity contribution is 0.481. The standard InChI is InChI=1S/C16H21N/c1-12(10-13(2)17)11-15-8-5-7-14-6-3-4-9-16(14)15/h3-9,12-13H,10-11,17H2,1-2H3. The van der Waals surface area contributed by atoms with E-state index >= 15 is 0 Å². The summed E-state index contributed by atoms with van der Waals surface area (Å²) in [5, 5.41) is 2.71. The Hall–Kier alpha value is -1.34. The number of nitrogens with two attached hydrogens (primary N) is 1. The highest BCUT2D eigenvalue weighted by atomic mass is 14.6. The summed E-state index contributed by atoms with van der Waals surface area (Å²) in [4.78, 5) is 0. The molecule has 0 radical (unpaired) electrons. The van der Waals surface area contributed by atoms with E-state index in [1.165, 1.54) is 16.3 Å². The number of fused-ring (bicyclic) bond motifs is 1.